The van der Waals surface area contributed by atoms with Gasteiger partial charge in [-0.1, -0.05) is 29.8 Å². The first-order valence-corrected chi connectivity index (χ1v) is 7.83. The van der Waals surface area contributed by atoms with E-state index in [4.69, 9.17) is 4.74 Å². The number of amides is 1. The number of carbonyl (C=O) groups excluding carboxylic acids is 1. The first-order chi connectivity index (χ1) is 10.1. The highest BCUT2D eigenvalue weighted by Gasteiger charge is 2.59. The van der Waals surface area contributed by atoms with Gasteiger partial charge in [0, 0.05) is 13.2 Å². The van der Waals surface area contributed by atoms with E-state index in [2.05, 4.69) is 36.5 Å². The van der Waals surface area contributed by atoms with Crippen molar-refractivity contribution in [3.05, 3.63) is 35.4 Å². The van der Waals surface area contributed by atoms with Crippen molar-refractivity contribution in [2.24, 2.45) is 0 Å². The predicted molar refractivity (Wildman–Crippen MR) is 81.8 cm³/mol. The normalized spacial score (nSPS) is 24.6. The molecule has 4 nitrogen and oxygen atoms in total. The lowest BCUT2D eigenvalue weighted by atomic mass is 10.1. The van der Waals surface area contributed by atoms with Crippen LogP contribution in [0.2, 0.25) is 0 Å². The Morgan fingerprint density at radius 1 is 1.48 bits per heavy atom. The Labute approximate surface area is 126 Å². The fourth-order valence-electron chi connectivity index (χ4n) is 3.18. The highest BCUT2D eigenvalue weighted by molar-refractivity contribution is 5.92. The van der Waals surface area contributed by atoms with E-state index in [1.54, 1.807) is 0 Å². The van der Waals surface area contributed by atoms with Crippen molar-refractivity contribution in [1.82, 2.24) is 10.2 Å². The fraction of sp³-hybridized carbons (Fsp3) is 0.588. The number of nitrogens with one attached hydrogen (secondary N) is 1. The summed E-state index contributed by atoms with van der Waals surface area (Å²) in [6, 6.07) is 8.39. The average Bonchev–Trinajstić information content (AvgIpc) is 3.18. The monoisotopic (exact) mass is 288 g/mol. The molecule has 1 aromatic rings. The summed E-state index contributed by atoms with van der Waals surface area (Å²) in [5.74, 6) is 0.237. The topological polar surface area (TPSA) is 41.6 Å². The fourth-order valence-corrected chi connectivity index (χ4v) is 3.18. The average molecular weight is 288 g/mol. The Morgan fingerprint density at radius 2 is 2.24 bits per heavy atom. The Morgan fingerprint density at radius 3 is 2.86 bits per heavy atom. The summed E-state index contributed by atoms with van der Waals surface area (Å²) in [6.07, 6.45) is 1.94. The van der Waals surface area contributed by atoms with Gasteiger partial charge in [-0.05, 0) is 39.2 Å². The summed E-state index contributed by atoms with van der Waals surface area (Å²) in [5.41, 5.74) is 2.09. The second-order valence-corrected chi connectivity index (χ2v) is 6.27. The molecule has 114 valence electrons. The van der Waals surface area contributed by atoms with Crippen LogP contribution >= 0.6 is 0 Å². The van der Waals surface area contributed by atoms with Crippen molar-refractivity contribution in [3.63, 3.8) is 0 Å². The van der Waals surface area contributed by atoms with Crippen LogP contribution in [0.5, 0.6) is 0 Å². The van der Waals surface area contributed by atoms with E-state index >= 15 is 0 Å². The second-order valence-electron chi connectivity index (χ2n) is 6.27. The van der Waals surface area contributed by atoms with Crippen LogP contribution in [0.15, 0.2) is 24.3 Å². The molecule has 1 saturated carbocycles. The summed E-state index contributed by atoms with van der Waals surface area (Å²) in [4.78, 5) is 14.7. The third-order valence-corrected chi connectivity index (χ3v) is 4.41. The molecule has 1 aliphatic carbocycles. The Kier molecular flexibility index (Phi) is 3.76. The minimum absolute atomic E-state index is 0.0252. The summed E-state index contributed by atoms with van der Waals surface area (Å²) < 4.78 is 5.63. The second kappa shape index (κ2) is 5.43. The van der Waals surface area contributed by atoms with Gasteiger partial charge in [-0.25, -0.2) is 0 Å². The molecule has 2 atom stereocenters. The Balaban J connectivity index is 1.84. The maximum atomic E-state index is 12.7. The van der Waals surface area contributed by atoms with E-state index < -0.39 is 0 Å². The Hall–Kier alpha value is -1.39. The van der Waals surface area contributed by atoms with Gasteiger partial charge in [0.25, 0.3) is 0 Å². The van der Waals surface area contributed by atoms with Crippen LogP contribution in [0.25, 0.3) is 0 Å². The molecule has 1 spiro atoms. The van der Waals surface area contributed by atoms with Gasteiger partial charge in [-0.15, -0.1) is 0 Å². The largest absolute Gasteiger partial charge is 0.377 e. The van der Waals surface area contributed by atoms with Crippen LogP contribution in [0, 0.1) is 6.92 Å². The van der Waals surface area contributed by atoms with Gasteiger partial charge >= 0.3 is 0 Å². The lowest BCUT2D eigenvalue weighted by Crippen LogP contribution is -2.37. The van der Waals surface area contributed by atoms with Crippen LogP contribution in [0.4, 0.5) is 0 Å². The van der Waals surface area contributed by atoms with Crippen molar-refractivity contribution in [3.8, 4) is 0 Å². The predicted octanol–water partition coefficient (Wildman–Crippen LogP) is 2.38. The van der Waals surface area contributed by atoms with E-state index in [9.17, 15) is 4.79 Å². The van der Waals surface area contributed by atoms with Gasteiger partial charge in [0.2, 0.25) is 5.91 Å². The van der Waals surface area contributed by atoms with Gasteiger partial charge in [0.05, 0.1) is 6.10 Å². The van der Waals surface area contributed by atoms with E-state index in [-0.39, 0.29) is 23.7 Å². The van der Waals surface area contributed by atoms with E-state index in [1.807, 2.05) is 18.7 Å². The highest BCUT2D eigenvalue weighted by atomic mass is 16.5. The molecular formula is C17H24N2O2. The number of benzene rings is 1. The van der Waals surface area contributed by atoms with Crippen molar-refractivity contribution in [1.29, 1.82) is 0 Å². The molecular weight excluding hydrogens is 264 g/mol. The number of aryl methyl sites for hydroxylation is 1. The lowest BCUT2D eigenvalue weighted by molar-refractivity contribution is -0.132. The summed E-state index contributed by atoms with van der Waals surface area (Å²) in [5, 5.41) is 3.55. The molecule has 1 aromatic carbocycles. The molecule has 2 fully saturated rings. The van der Waals surface area contributed by atoms with Gasteiger partial charge in [-0.2, -0.15) is 0 Å². The lowest BCUT2D eigenvalue weighted by Gasteiger charge is -2.27. The molecule has 1 heterocycles. The molecule has 21 heavy (non-hydrogen) atoms. The van der Waals surface area contributed by atoms with E-state index in [1.165, 1.54) is 5.56 Å². The summed E-state index contributed by atoms with van der Waals surface area (Å²) >= 11 is 0. The molecule has 4 heteroatoms. The molecule has 1 N–H and O–H groups in total. The number of nitrogens with zero attached hydrogens (tertiary/aromatic N) is 1. The molecule has 0 radical (unpaired) electrons. The first-order valence-electron chi connectivity index (χ1n) is 7.83. The zero-order chi connectivity index (χ0) is 15.0. The molecule has 1 aliphatic heterocycles. The van der Waals surface area contributed by atoms with Crippen molar-refractivity contribution in [2.75, 3.05) is 13.2 Å². The minimum Gasteiger partial charge on any atom is -0.377 e. The van der Waals surface area contributed by atoms with Gasteiger partial charge in [-0.3, -0.25) is 10.1 Å². The highest BCUT2D eigenvalue weighted by Crippen LogP contribution is 2.46. The van der Waals surface area contributed by atoms with Crippen LogP contribution in [0.3, 0.4) is 0 Å². The maximum Gasteiger partial charge on any atom is 0.244 e. The number of ether oxygens (including phenoxy) is 1. The standard InChI is InChI=1S/C17H24N2O2/c1-4-21-13(3)11-19-15(14-7-5-6-12(2)10-14)18-17(8-9-17)16(19)20/h5-7,10,13,15,18H,4,8-9,11H2,1-3H3. The Bertz CT molecular complexity index is 539. The van der Waals surface area contributed by atoms with E-state index in [0.29, 0.717) is 13.2 Å². The third-order valence-electron chi connectivity index (χ3n) is 4.41. The molecule has 2 aliphatic rings. The quantitative estimate of drug-likeness (QED) is 0.904. The van der Waals surface area contributed by atoms with Gasteiger partial charge in [0.15, 0.2) is 0 Å². The third kappa shape index (κ3) is 2.70. The SMILES string of the molecule is CCOC(C)CN1C(=O)C2(CC2)NC1c1cccc(C)c1. The smallest absolute Gasteiger partial charge is 0.244 e. The molecule has 2 unspecified atom stereocenters. The number of rotatable bonds is 5. The molecule has 0 bridgehead atoms. The first kappa shape index (κ1) is 14.5. The zero-order valence-electron chi connectivity index (χ0n) is 13.1. The molecule has 0 aromatic heterocycles. The maximum absolute atomic E-state index is 12.7. The molecule has 1 saturated heterocycles. The summed E-state index contributed by atoms with van der Waals surface area (Å²) in [7, 11) is 0. The van der Waals surface area contributed by atoms with Crippen molar-refractivity contribution in [2.45, 2.75) is 51.4 Å². The molecule has 3 rings (SSSR count). The van der Waals surface area contributed by atoms with Crippen LogP contribution in [-0.2, 0) is 9.53 Å². The van der Waals surface area contributed by atoms with Crippen LogP contribution < -0.4 is 5.32 Å². The minimum atomic E-state index is -0.291. The van der Waals surface area contributed by atoms with Crippen LogP contribution in [0.1, 0.15) is 44.0 Å². The summed E-state index contributed by atoms with van der Waals surface area (Å²) in [6.45, 7) is 7.42. The van der Waals surface area contributed by atoms with Crippen LogP contribution in [-0.4, -0.2) is 35.6 Å². The van der Waals surface area contributed by atoms with Gasteiger partial charge in [0.1, 0.15) is 11.7 Å². The van der Waals surface area contributed by atoms with Crippen molar-refractivity contribution >= 4 is 5.91 Å². The van der Waals surface area contributed by atoms with Crippen molar-refractivity contribution < 1.29 is 9.53 Å². The van der Waals surface area contributed by atoms with Gasteiger partial charge < -0.3 is 9.64 Å². The molecule has 1 amide bonds. The zero-order valence-corrected chi connectivity index (χ0v) is 13.1. The number of hydrogen-bond acceptors (Lipinski definition) is 3. The number of hydrogen-bond donors (Lipinski definition) is 1. The number of carbonyl (C=O) groups is 1. The van der Waals surface area contributed by atoms with E-state index in [0.717, 1.165) is 18.4 Å².